The van der Waals surface area contributed by atoms with Crippen LogP contribution in [0.3, 0.4) is 0 Å². The van der Waals surface area contributed by atoms with Gasteiger partial charge in [0, 0.05) is 17.8 Å². The van der Waals surface area contributed by atoms with E-state index in [9.17, 15) is 29.1 Å². The summed E-state index contributed by atoms with van der Waals surface area (Å²) in [7, 11) is 0. The normalized spacial score (nSPS) is 23.8. The Labute approximate surface area is 236 Å². The third-order valence-corrected chi connectivity index (χ3v) is 7.39. The number of esters is 1. The SMILES string of the molecule is CC(C)(C)OC(=O)N[C@@H]1C(=O)N2[C@@H](C(=O)O)C(/C=C3\CCN(c4ccc(C(=O)OC(C)(C)C)cc4)C3=O)=CS[C@H]12. The van der Waals surface area contributed by atoms with Gasteiger partial charge in [-0.1, -0.05) is 0 Å². The number of amides is 3. The summed E-state index contributed by atoms with van der Waals surface area (Å²) in [6.45, 7) is 10.8. The van der Waals surface area contributed by atoms with Crippen molar-refractivity contribution in [1.29, 1.82) is 0 Å². The molecule has 3 atom stereocenters. The first-order valence-corrected chi connectivity index (χ1v) is 13.8. The van der Waals surface area contributed by atoms with Crippen LogP contribution in [0.25, 0.3) is 0 Å². The number of carboxylic acids is 1. The number of anilines is 1. The first kappa shape index (κ1) is 29.2. The number of thioether (sulfide) groups is 1. The molecule has 1 aromatic carbocycles. The van der Waals surface area contributed by atoms with Gasteiger partial charge in [0.05, 0.1) is 5.56 Å². The van der Waals surface area contributed by atoms with Gasteiger partial charge in [0.15, 0.2) is 6.04 Å². The minimum absolute atomic E-state index is 0.290. The smallest absolute Gasteiger partial charge is 0.408 e. The molecule has 2 N–H and O–H groups in total. The summed E-state index contributed by atoms with van der Waals surface area (Å²) >= 11 is 1.20. The van der Waals surface area contributed by atoms with Crippen molar-refractivity contribution in [2.45, 2.75) is 76.6 Å². The molecule has 0 saturated carbocycles. The third kappa shape index (κ3) is 6.16. The molecule has 0 aliphatic carbocycles. The number of carboxylic acid groups (broad SMARTS) is 1. The van der Waals surface area contributed by atoms with Crippen LogP contribution in [0, 0.1) is 0 Å². The standard InChI is InChI=1S/C28H33N3O8S/c1-27(2,3)38-25(36)15-7-9-18(10-8-15)30-12-11-16(21(30)32)13-17-14-40-23-19(29-26(37)39-28(4,5)6)22(33)31(23)20(17)24(34)35/h7-10,13-14,19-20,23H,11-12H2,1-6H3,(H,29,37)(H,34,35)/b16-13+/t19-,20-,23-/m1/s1. The number of carbonyl (C=O) groups excluding carboxylic acids is 4. The number of carbonyl (C=O) groups is 5. The number of nitrogens with one attached hydrogen (secondary N) is 1. The van der Waals surface area contributed by atoms with E-state index < -0.39 is 52.6 Å². The number of β-lactam (4-membered cyclic amide) rings is 1. The van der Waals surface area contributed by atoms with Gasteiger partial charge in [0.2, 0.25) is 5.91 Å². The molecule has 3 aliphatic heterocycles. The molecular weight excluding hydrogens is 538 g/mol. The second-order valence-corrected chi connectivity index (χ2v) is 12.7. The van der Waals surface area contributed by atoms with Crippen LogP contribution in [0.1, 0.15) is 58.3 Å². The number of alkyl carbamates (subject to hydrolysis) is 1. The Morgan fingerprint density at radius 3 is 2.23 bits per heavy atom. The second-order valence-electron chi connectivity index (χ2n) is 11.7. The Morgan fingerprint density at radius 1 is 1.02 bits per heavy atom. The van der Waals surface area contributed by atoms with Crippen molar-refractivity contribution in [1.82, 2.24) is 10.2 Å². The lowest BCUT2D eigenvalue weighted by molar-refractivity contribution is -0.158. The third-order valence-electron chi connectivity index (χ3n) is 6.20. The number of hydrogen-bond acceptors (Lipinski definition) is 8. The maximum absolute atomic E-state index is 13.2. The van der Waals surface area contributed by atoms with Crippen molar-refractivity contribution in [2.75, 3.05) is 11.4 Å². The van der Waals surface area contributed by atoms with Crippen LogP contribution in [0.5, 0.6) is 0 Å². The van der Waals surface area contributed by atoms with Crippen molar-refractivity contribution in [2.24, 2.45) is 0 Å². The Morgan fingerprint density at radius 2 is 1.65 bits per heavy atom. The van der Waals surface area contributed by atoms with E-state index in [0.29, 0.717) is 35.4 Å². The van der Waals surface area contributed by atoms with Gasteiger partial charge in [-0.05, 0) is 89.3 Å². The zero-order valence-electron chi connectivity index (χ0n) is 23.2. The Kier molecular flexibility index (Phi) is 7.77. The van der Waals surface area contributed by atoms with Crippen LogP contribution in [0.4, 0.5) is 10.5 Å². The van der Waals surface area contributed by atoms with Gasteiger partial charge in [0.25, 0.3) is 5.91 Å². The van der Waals surface area contributed by atoms with Crippen LogP contribution in [-0.4, -0.2) is 75.1 Å². The predicted molar refractivity (Wildman–Crippen MR) is 148 cm³/mol. The van der Waals surface area contributed by atoms with Crippen molar-refractivity contribution >= 4 is 47.3 Å². The minimum Gasteiger partial charge on any atom is -0.479 e. The lowest BCUT2D eigenvalue weighted by Crippen LogP contribution is -2.73. The number of ether oxygens (including phenoxy) is 2. The molecule has 0 radical (unpaired) electrons. The van der Waals surface area contributed by atoms with Gasteiger partial charge >= 0.3 is 18.0 Å². The molecule has 0 aromatic heterocycles. The van der Waals surface area contributed by atoms with E-state index in [2.05, 4.69) is 5.32 Å². The van der Waals surface area contributed by atoms with Gasteiger partial charge in [-0.25, -0.2) is 14.4 Å². The van der Waals surface area contributed by atoms with Crippen LogP contribution in [0.2, 0.25) is 0 Å². The second kappa shape index (κ2) is 10.6. The van der Waals surface area contributed by atoms with Gasteiger partial charge < -0.3 is 29.7 Å². The minimum atomic E-state index is -1.29. The van der Waals surface area contributed by atoms with Crippen molar-refractivity contribution in [3.05, 3.63) is 52.5 Å². The van der Waals surface area contributed by atoms with E-state index in [1.165, 1.54) is 22.7 Å². The molecule has 1 aromatic rings. The van der Waals surface area contributed by atoms with Crippen LogP contribution >= 0.6 is 11.8 Å². The molecular formula is C28H33N3O8S. The Bertz CT molecular complexity index is 1310. The first-order valence-electron chi connectivity index (χ1n) is 12.8. The van der Waals surface area contributed by atoms with Crippen LogP contribution in [-0.2, 0) is 23.9 Å². The van der Waals surface area contributed by atoms with E-state index in [-0.39, 0.29) is 5.91 Å². The van der Waals surface area contributed by atoms with E-state index >= 15 is 0 Å². The summed E-state index contributed by atoms with van der Waals surface area (Å²) < 4.78 is 10.6. The molecule has 0 unspecified atom stereocenters. The van der Waals surface area contributed by atoms with E-state index in [1.807, 2.05) is 0 Å². The molecule has 214 valence electrons. The monoisotopic (exact) mass is 571 g/mol. The van der Waals surface area contributed by atoms with Gasteiger partial charge in [-0.3, -0.25) is 9.59 Å². The topological polar surface area (TPSA) is 143 Å². The van der Waals surface area contributed by atoms with Crippen LogP contribution < -0.4 is 10.2 Å². The number of hydrogen-bond donors (Lipinski definition) is 2. The Balaban J connectivity index is 1.47. The highest BCUT2D eigenvalue weighted by Gasteiger charge is 2.56. The molecule has 11 nitrogen and oxygen atoms in total. The van der Waals surface area contributed by atoms with Crippen molar-refractivity contribution in [3.8, 4) is 0 Å². The number of benzene rings is 1. The zero-order valence-corrected chi connectivity index (χ0v) is 24.0. The number of rotatable bonds is 5. The highest BCUT2D eigenvalue weighted by Crippen LogP contribution is 2.41. The number of nitrogens with zero attached hydrogens (tertiary/aromatic N) is 2. The quantitative estimate of drug-likeness (QED) is 0.309. The van der Waals surface area contributed by atoms with E-state index in [4.69, 9.17) is 9.47 Å². The fraction of sp³-hybridized carbons (Fsp3) is 0.464. The summed E-state index contributed by atoms with van der Waals surface area (Å²) in [4.78, 5) is 65.5. The largest absolute Gasteiger partial charge is 0.479 e. The summed E-state index contributed by atoms with van der Waals surface area (Å²) in [5.41, 5.74) is 0.296. The summed E-state index contributed by atoms with van der Waals surface area (Å²) in [6, 6.07) is 4.30. The van der Waals surface area contributed by atoms with Crippen molar-refractivity contribution < 1.29 is 38.6 Å². The summed E-state index contributed by atoms with van der Waals surface area (Å²) in [5.74, 6) is -2.53. The van der Waals surface area contributed by atoms with Crippen molar-refractivity contribution in [3.63, 3.8) is 0 Å². The lowest BCUT2D eigenvalue weighted by Gasteiger charge is -2.51. The predicted octanol–water partition coefficient (Wildman–Crippen LogP) is 3.45. The molecule has 4 rings (SSSR count). The van der Waals surface area contributed by atoms with E-state index in [1.54, 1.807) is 76.1 Å². The number of fused-ring (bicyclic) bond motifs is 1. The molecule has 0 bridgehead atoms. The highest BCUT2D eigenvalue weighted by molar-refractivity contribution is 8.03. The number of aliphatic carboxylic acids is 1. The molecule has 0 spiro atoms. The van der Waals surface area contributed by atoms with E-state index in [0.717, 1.165) is 0 Å². The lowest BCUT2D eigenvalue weighted by atomic mass is 9.96. The zero-order chi connectivity index (χ0) is 29.6. The molecule has 12 heteroatoms. The molecule has 2 fully saturated rings. The average molecular weight is 572 g/mol. The maximum Gasteiger partial charge on any atom is 0.408 e. The molecule has 40 heavy (non-hydrogen) atoms. The first-order chi connectivity index (χ1) is 18.6. The van der Waals surface area contributed by atoms with Crippen LogP contribution in [0.15, 0.2) is 46.9 Å². The molecule has 2 saturated heterocycles. The Hall–Kier alpha value is -3.80. The van der Waals surface area contributed by atoms with Gasteiger partial charge in [0.1, 0.15) is 22.6 Å². The highest BCUT2D eigenvalue weighted by atomic mass is 32.2. The summed E-state index contributed by atoms with van der Waals surface area (Å²) in [5, 5.41) is 13.5. The maximum atomic E-state index is 13.2. The molecule has 3 heterocycles. The van der Waals surface area contributed by atoms with Gasteiger partial charge in [-0.15, -0.1) is 11.8 Å². The van der Waals surface area contributed by atoms with Gasteiger partial charge in [-0.2, -0.15) is 0 Å². The molecule has 3 amide bonds. The molecule has 3 aliphatic rings. The fourth-order valence-corrected chi connectivity index (χ4v) is 5.72. The average Bonchev–Trinajstić information content (AvgIpc) is 3.19. The summed E-state index contributed by atoms with van der Waals surface area (Å²) in [6.07, 6.45) is 1.15. The fourth-order valence-electron chi connectivity index (χ4n) is 4.53.